The molecule has 2 aromatic rings. The quantitative estimate of drug-likeness (QED) is 0.888. The number of anilines is 2. The molecule has 2 rings (SSSR count). The Morgan fingerprint density at radius 2 is 2.14 bits per heavy atom. The zero-order valence-electron chi connectivity index (χ0n) is 12.2. The van der Waals surface area contributed by atoms with Crippen LogP contribution in [0, 0.1) is 5.82 Å². The summed E-state index contributed by atoms with van der Waals surface area (Å²) in [5.74, 6) is -0.595. The van der Waals surface area contributed by atoms with Crippen molar-refractivity contribution in [2.75, 3.05) is 17.2 Å². The van der Waals surface area contributed by atoms with Gasteiger partial charge in [0.25, 0.3) is 5.91 Å². The van der Waals surface area contributed by atoms with Crippen LogP contribution in [0.25, 0.3) is 0 Å². The summed E-state index contributed by atoms with van der Waals surface area (Å²) in [7, 11) is 0. The van der Waals surface area contributed by atoms with Gasteiger partial charge in [0.2, 0.25) is 0 Å². The molecular weight excluding hydrogens is 273 g/mol. The van der Waals surface area contributed by atoms with Crippen LogP contribution in [0.5, 0.6) is 0 Å². The van der Waals surface area contributed by atoms with Gasteiger partial charge >= 0.3 is 0 Å². The number of aromatic nitrogens is 3. The number of nitrogens with zero attached hydrogens (tertiary/aromatic N) is 3. The van der Waals surface area contributed by atoms with E-state index in [0.29, 0.717) is 12.4 Å². The Morgan fingerprint density at radius 3 is 2.81 bits per heavy atom. The standard InChI is InChI=1S/C14H18FN5O/c1-4-16-13-12(15)10(5-7-17-13)14(21)19-11-6-8-18-20(11)9(2)3/h5-9H,4H2,1-3H3,(H,16,17)(H,19,21). The molecule has 0 fully saturated rings. The van der Waals surface area contributed by atoms with E-state index in [4.69, 9.17) is 0 Å². The molecule has 2 aromatic heterocycles. The molecule has 0 saturated carbocycles. The number of hydrogen-bond acceptors (Lipinski definition) is 4. The molecule has 7 heteroatoms. The highest BCUT2D eigenvalue weighted by Crippen LogP contribution is 2.18. The van der Waals surface area contributed by atoms with Crippen LogP contribution in [-0.2, 0) is 0 Å². The highest BCUT2D eigenvalue weighted by molar-refractivity contribution is 6.04. The Hall–Kier alpha value is -2.44. The highest BCUT2D eigenvalue weighted by Gasteiger charge is 2.17. The van der Waals surface area contributed by atoms with Crippen molar-refractivity contribution >= 4 is 17.5 Å². The van der Waals surface area contributed by atoms with Crippen molar-refractivity contribution in [2.45, 2.75) is 26.8 Å². The van der Waals surface area contributed by atoms with Gasteiger partial charge in [0.05, 0.1) is 11.8 Å². The van der Waals surface area contributed by atoms with Gasteiger partial charge < -0.3 is 10.6 Å². The fourth-order valence-electron chi connectivity index (χ4n) is 1.92. The van der Waals surface area contributed by atoms with E-state index in [9.17, 15) is 9.18 Å². The third kappa shape index (κ3) is 3.18. The lowest BCUT2D eigenvalue weighted by Gasteiger charge is -2.12. The monoisotopic (exact) mass is 291 g/mol. The van der Waals surface area contributed by atoms with Gasteiger partial charge in [-0.3, -0.25) is 4.79 Å². The lowest BCUT2D eigenvalue weighted by atomic mass is 10.2. The van der Waals surface area contributed by atoms with Crippen LogP contribution in [-0.4, -0.2) is 27.2 Å². The Labute approximate surface area is 122 Å². The Balaban J connectivity index is 2.25. The van der Waals surface area contributed by atoms with Gasteiger partial charge in [-0.1, -0.05) is 0 Å². The number of nitrogens with one attached hydrogen (secondary N) is 2. The predicted octanol–water partition coefficient (Wildman–Crippen LogP) is 2.68. The topological polar surface area (TPSA) is 71.8 Å². The second-order valence-electron chi connectivity index (χ2n) is 4.76. The van der Waals surface area contributed by atoms with E-state index in [1.165, 1.54) is 12.3 Å². The van der Waals surface area contributed by atoms with Crippen molar-refractivity contribution in [1.29, 1.82) is 0 Å². The molecule has 6 nitrogen and oxygen atoms in total. The summed E-state index contributed by atoms with van der Waals surface area (Å²) in [6, 6.07) is 3.11. The van der Waals surface area contributed by atoms with Crippen LogP contribution in [0.15, 0.2) is 24.5 Å². The first-order valence-electron chi connectivity index (χ1n) is 6.77. The van der Waals surface area contributed by atoms with E-state index < -0.39 is 11.7 Å². The third-order valence-corrected chi connectivity index (χ3v) is 2.88. The molecule has 0 spiro atoms. The first-order chi connectivity index (χ1) is 10.0. The smallest absolute Gasteiger partial charge is 0.259 e. The SMILES string of the molecule is CCNc1nccc(C(=O)Nc2ccnn2C(C)C)c1F. The summed E-state index contributed by atoms with van der Waals surface area (Å²) in [6.45, 7) is 6.24. The van der Waals surface area contributed by atoms with E-state index in [2.05, 4.69) is 20.7 Å². The molecule has 2 heterocycles. The van der Waals surface area contributed by atoms with Gasteiger partial charge in [-0.2, -0.15) is 5.10 Å². The van der Waals surface area contributed by atoms with E-state index in [1.807, 2.05) is 20.8 Å². The molecule has 0 aliphatic carbocycles. The van der Waals surface area contributed by atoms with Gasteiger partial charge in [-0.25, -0.2) is 14.1 Å². The maximum atomic E-state index is 14.2. The maximum absolute atomic E-state index is 14.2. The predicted molar refractivity (Wildman–Crippen MR) is 78.9 cm³/mol. The van der Waals surface area contributed by atoms with Crippen molar-refractivity contribution in [2.24, 2.45) is 0 Å². The minimum atomic E-state index is -0.660. The summed E-state index contributed by atoms with van der Waals surface area (Å²) in [5, 5.41) is 9.56. The minimum absolute atomic E-state index is 0.0579. The van der Waals surface area contributed by atoms with Crippen LogP contribution in [0.4, 0.5) is 16.0 Å². The molecule has 0 radical (unpaired) electrons. The van der Waals surface area contributed by atoms with Crippen LogP contribution in [0.3, 0.4) is 0 Å². The molecule has 0 atom stereocenters. The Bertz CT molecular complexity index is 638. The number of hydrogen-bond donors (Lipinski definition) is 2. The number of rotatable bonds is 5. The molecule has 21 heavy (non-hydrogen) atoms. The summed E-state index contributed by atoms with van der Waals surface area (Å²) >= 11 is 0. The van der Waals surface area contributed by atoms with Crippen molar-refractivity contribution in [3.8, 4) is 0 Å². The second-order valence-corrected chi connectivity index (χ2v) is 4.76. The second kappa shape index (κ2) is 6.34. The fraction of sp³-hybridized carbons (Fsp3) is 0.357. The van der Waals surface area contributed by atoms with Crippen molar-refractivity contribution < 1.29 is 9.18 Å². The summed E-state index contributed by atoms with van der Waals surface area (Å²) in [6.07, 6.45) is 2.98. The average molecular weight is 291 g/mol. The molecule has 1 amide bonds. The fourth-order valence-corrected chi connectivity index (χ4v) is 1.92. The minimum Gasteiger partial charge on any atom is -0.368 e. The maximum Gasteiger partial charge on any atom is 0.259 e. The highest BCUT2D eigenvalue weighted by atomic mass is 19.1. The van der Waals surface area contributed by atoms with Gasteiger partial charge in [-0.15, -0.1) is 0 Å². The van der Waals surface area contributed by atoms with Crippen LogP contribution < -0.4 is 10.6 Å². The average Bonchev–Trinajstić information content (AvgIpc) is 2.89. The van der Waals surface area contributed by atoms with E-state index in [0.717, 1.165) is 0 Å². The lowest BCUT2D eigenvalue weighted by molar-refractivity contribution is 0.102. The zero-order valence-corrected chi connectivity index (χ0v) is 12.2. The summed E-state index contributed by atoms with van der Waals surface area (Å²) < 4.78 is 15.8. The Morgan fingerprint density at radius 1 is 1.38 bits per heavy atom. The first kappa shape index (κ1) is 15.0. The summed E-state index contributed by atoms with van der Waals surface area (Å²) in [4.78, 5) is 16.1. The van der Waals surface area contributed by atoms with Crippen LogP contribution >= 0.6 is 0 Å². The first-order valence-corrected chi connectivity index (χ1v) is 6.77. The molecule has 112 valence electrons. The van der Waals surface area contributed by atoms with E-state index >= 15 is 0 Å². The van der Waals surface area contributed by atoms with Crippen molar-refractivity contribution in [3.63, 3.8) is 0 Å². The van der Waals surface area contributed by atoms with Gasteiger partial charge in [0, 0.05) is 24.8 Å². The summed E-state index contributed by atoms with van der Waals surface area (Å²) in [5.41, 5.74) is -0.0579. The van der Waals surface area contributed by atoms with Gasteiger partial charge in [0.1, 0.15) is 5.82 Å². The molecule has 0 aliphatic heterocycles. The molecule has 0 aromatic carbocycles. The third-order valence-electron chi connectivity index (χ3n) is 2.88. The number of amides is 1. The molecule has 0 aliphatic rings. The van der Waals surface area contributed by atoms with Gasteiger partial charge in [0.15, 0.2) is 11.6 Å². The van der Waals surface area contributed by atoms with Crippen molar-refractivity contribution in [3.05, 3.63) is 35.9 Å². The Kier molecular flexibility index (Phi) is 4.52. The molecular formula is C14H18FN5O. The molecule has 0 unspecified atom stereocenters. The van der Waals surface area contributed by atoms with Crippen molar-refractivity contribution in [1.82, 2.24) is 14.8 Å². The zero-order chi connectivity index (χ0) is 15.4. The van der Waals surface area contributed by atoms with E-state index in [-0.39, 0.29) is 17.4 Å². The molecule has 0 bridgehead atoms. The van der Waals surface area contributed by atoms with Gasteiger partial charge in [-0.05, 0) is 26.8 Å². The number of carbonyl (C=O) groups excluding carboxylic acids is 1. The molecule has 0 saturated heterocycles. The lowest BCUT2D eigenvalue weighted by Crippen LogP contribution is -2.19. The van der Waals surface area contributed by atoms with Crippen LogP contribution in [0.2, 0.25) is 0 Å². The largest absolute Gasteiger partial charge is 0.368 e. The number of carbonyl (C=O) groups is 1. The molecule has 2 N–H and O–H groups in total. The number of halogens is 1. The normalized spacial score (nSPS) is 10.7. The van der Waals surface area contributed by atoms with Crippen LogP contribution in [0.1, 0.15) is 37.2 Å². The van der Waals surface area contributed by atoms with E-state index in [1.54, 1.807) is 16.9 Å². The number of pyridine rings is 1.